The highest BCUT2D eigenvalue weighted by Gasteiger charge is 2.29. The van der Waals surface area contributed by atoms with Crippen molar-refractivity contribution in [2.75, 3.05) is 6.54 Å². The van der Waals surface area contributed by atoms with Gasteiger partial charge in [-0.2, -0.15) is 0 Å². The predicted molar refractivity (Wildman–Crippen MR) is 219 cm³/mol. The maximum Gasteiger partial charge on any atom is 0.132 e. The van der Waals surface area contributed by atoms with Crippen LogP contribution in [-0.4, -0.2) is 21.5 Å². The summed E-state index contributed by atoms with van der Waals surface area (Å²) in [5.41, 5.74) is 15.6. The van der Waals surface area contributed by atoms with E-state index in [1.54, 1.807) is 0 Å². The lowest BCUT2D eigenvalue weighted by molar-refractivity contribution is 0.648. The first-order valence-corrected chi connectivity index (χ1v) is 18.2. The minimum absolute atomic E-state index is 0.0802. The smallest absolute Gasteiger partial charge is 0.132 e. The van der Waals surface area contributed by atoms with E-state index in [0.717, 1.165) is 5.84 Å². The van der Waals surface area contributed by atoms with Crippen molar-refractivity contribution in [2.45, 2.75) is 6.04 Å². The molecule has 2 aromatic heterocycles. The normalized spacial score (nSPS) is 15.5. The molecule has 3 nitrogen and oxygen atoms in total. The third kappa shape index (κ3) is 3.21. The van der Waals surface area contributed by atoms with Crippen molar-refractivity contribution in [2.24, 2.45) is 4.99 Å². The monoisotopic (exact) mass is 659 g/mol. The average molecular weight is 660 g/mol. The van der Waals surface area contributed by atoms with Crippen LogP contribution in [0.5, 0.6) is 0 Å². The lowest BCUT2D eigenvalue weighted by Gasteiger charge is -2.21. The van der Waals surface area contributed by atoms with Crippen molar-refractivity contribution >= 4 is 71.0 Å². The Morgan fingerprint density at radius 1 is 0.442 bits per heavy atom. The van der Waals surface area contributed by atoms with Crippen molar-refractivity contribution in [1.29, 1.82) is 0 Å². The van der Waals surface area contributed by atoms with Gasteiger partial charge in [-0.1, -0.05) is 127 Å². The number of hydrogen-bond donors (Lipinski definition) is 0. The van der Waals surface area contributed by atoms with Gasteiger partial charge < -0.3 is 4.57 Å². The van der Waals surface area contributed by atoms with E-state index in [-0.39, 0.29) is 6.04 Å². The fraction of sp³-hybridized carbons (Fsp3) is 0.0408. The van der Waals surface area contributed by atoms with Crippen LogP contribution in [0.1, 0.15) is 6.04 Å². The number of dihydropyridines is 1. The molecule has 1 atom stereocenters. The number of nitrogens with zero attached hydrogens (tertiary/aromatic N) is 3. The van der Waals surface area contributed by atoms with Gasteiger partial charge in [0.05, 0.1) is 29.1 Å². The Bertz CT molecular complexity index is 3330. The lowest BCUT2D eigenvalue weighted by Crippen LogP contribution is -2.19. The summed E-state index contributed by atoms with van der Waals surface area (Å²) >= 11 is 0. The minimum atomic E-state index is 0.0802. The summed E-state index contributed by atoms with van der Waals surface area (Å²) < 4.78 is 4.95. The number of hydrogen-bond acceptors (Lipinski definition) is 1. The van der Waals surface area contributed by atoms with E-state index < -0.39 is 0 Å². The number of rotatable bonds is 1. The first-order chi connectivity index (χ1) is 25.8. The van der Waals surface area contributed by atoms with Gasteiger partial charge in [-0.3, -0.25) is 9.56 Å². The van der Waals surface area contributed by atoms with Crippen molar-refractivity contribution in [3.63, 3.8) is 0 Å². The molecule has 3 aliphatic rings. The zero-order valence-corrected chi connectivity index (χ0v) is 28.1. The summed E-state index contributed by atoms with van der Waals surface area (Å²) in [7, 11) is 0. The number of aromatic nitrogens is 2. The van der Waals surface area contributed by atoms with E-state index in [2.05, 4.69) is 167 Å². The van der Waals surface area contributed by atoms with Crippen LogP contribution in [0.4, 0.5) is 0 Å². The van der Waals surface area contributed by atoms with Crippen LogP contribution < -0.4 is 0 Å². The minimum Gasteiger partial charge on any atom is -0.331 e. The maximum absolute atomic E-state index is 5.44. The molecule has 0 bridgehead atoms. The highest BCUT2D eigenvalue weighted by molar-refractivity contribution is 6.31. The molecule has 10 aromatic rings. The second-order valence-corrected chi connectivity index (χ2v) is 14.6. The molecule has 0 N–H and O–H groups in total. The molecular formula is C49H29N3. The van der Waals surface area contributed by atoms with E-state index >= 15 is 0 Å². The number of fused-ring (bicyclic) bond motifs is 14. The number of allylic oxidation sites excluding steroid dienone is 1. The van der Waals surface area contributed by atoms with Gasteiger partial charge in [0, 0.05) is 32.6 Å². The summed E-state index contributed by atoms with van der Waals surface area (Å²) in [6, 6.07) is 54.0. The van der Waals surface area contributed by atoms with Crippen molar-refractivity contribution in [3.05, 3.63) is 158 Å². The van der Waals surface area contributed by atoms with Gasteiger partial charge in [0.25, 0.3) is 0 Å². The van der Waals surface area contributed by atoms with Crippen molar-refractivity contribution < 1.29 is 0 Å². The molecule has 52 heavy (non-hydrogen) atoms. The second kappa shape index (κ2) is 9.54. The van der Waals surface area contributed by atoms with Crippen LogP contribution in [0.25, 0.3) is 110 Å². The predicted octanol–water partition coefficient (Wildman–Crippen LogP) is 12.6. The molecule has 0 radical (unpaired) electrons. The molecule has 3 heterocycles. The van der Waals surface area contributed by atoms with Crippen LogP contribution in [0.3, 0.4) is 0 Å². The molecule has 0 saturated heterocycles. The third-order valence-electron chi connectivity index (χ3n) is 12.1. The van der Waals surface area contributed by atoms with Gasteiger partial charge in [0.15, 0.2) is 0 Å². The quantitative estimate of drug-likeness (QED) is 0.167. The van der Waals surface area contributed by atoms with Crippen LogP contribution in [0.15, 0.2) is 163 Å². The Morgan fingerprint density at radius 2 is 1.06 bits per heavy atom. The van der Waals surface area contributed by atoms with E-state index in [4.69, 9.17) is 4.99 Å². The molecule has 0 saturated carbocycles. The molecule has 2 aliphatic carbocycles. The molecule has 240 valence electrons. The molecule has 0 amide bonds. The summed E-state index contributed by atoms with van der Waals surface area (Å²) in [6.07, 6.45) is 4.65. The average Bonchev–Trinajstić information content (AvgIpc) is 3.92. The molecule has 3 heteroatoms. The second-order valence-electron chi connectivity index (χ2n) is 14.6. The molecule has 1 aliphatic heterocycles. The van der Waals surface area contributed by atoms with Gasteiger partial charge in [0.1, 0.15) is 5.84 Å². The number of aliphatic imine (C=N–C) groups is 1. The maximum atomic E-state index is 5.44. The Kier molecular flexibility index (Phi) is 4.96. The van der Waals surface area contributed by atoms with E-state index in [9.17, 15) is 0 Å². The topological polar surface area (TPSA) is 22.2 Å². The van der Waals surface area contributed by atoms with Crippen LogP contribution in [0, 0.1) is 0 Å². The zero-order valence-electron chi connectivity index (χ0n) is 28.1. The van der Waals surface area contributed by atoms with Gasteiger partial charge in [0.2, 0.25) is 0 Å². The van der Waals surface area contributed by atoms with E-state index in [1.807, 2.05) is 0 Å². The van der Waals surface area contributed by atoms with Gasteiger partial charge in [-0.25, -0.2) is 0 Å². The van der Waals surface area contributed by atoms with Crippen molar-refractivity contribution in [1.82, 2.24) is 9.13 Å². The number of para-hydroxylation sites is 2. The fourth-order valence-corrected chi connectivity index (χ4v) is 10.1. The summed E-state index contributed by atoms with van der Waals surface area (Å²) in [6.45, 7) is 0.658. The Labute approximate surface area is 299 Å². The Morgan fingerprint density at radius 3 is 1.85 bits per heavy atom. The highest BCUT2D eigenvalue weighted by atomic mass is 15.1. The van der Waals surface area contributed by atoms with Crippen LogP contribution in [0.2, 0.25) is 0 Å². The van der Waals surface area contributed by atoms with Gasteiger partial charge >= 0.3 is 0 Å². The summed E-state index contributed by atoms with van der Waals surface area (Å²) in [5.74, 6) is 0.986. The third-order valence-corrected chi connectivity index (χ3v) is 12.1. The van der Waals surface area contributed by atoms with Crippen molar-refractivity contribution in [3.8, 4) is 44.5 Å². The van der Waals surface area contributed by atoms with Gasteiger partial charge in [-0.05, 0) is 90.8 Å². The first kappa shape index (κ1) is 27.1. The molecule has 8 aromatic carbocycles. The lowest BCUT2D eigenvalue weighted by atomic mass is 9.97. The first-order valence-electron chi connectivity index (χ1n) is 18.2. The van der Waals surface area contributed by atoms with E-state index in [0.29, 0.717) is 6.54 Å². The number of benzene rings is 8. The highest BCUT2D eigenvalue weighted by Crippen LogP contribution is 2.53. The molecule has 1 unspecified atom stereocenters. The fourth-order valence-electron chi connectivity index (χ4n) is 10.1. The SMILES string of the molecule is C1=CC(n2c3ccccc3c3c4c5c(cccc5cc32)-c2ccccc2-4)CN=C1n1c2ccccc2c2c3cccc4c3c(cc21)-c1ccccc1-4. The Balaban J connectivity index is 1.02. The zero-order chi connectivity index (χ0) is 33.7. The van der Waals surface area contributed by atoms with E-state index in [1.165, 1.54) is 110 Å². The summed E-state index contributed by atoms with van der Waals surface area (Å²) in [4.78, 5) is 5.44. The molecule has 13 rings (SSSR count). The molecule has 0 fully saturated rings. The van der Waals surface area contributed by atoms with Crippen LogP contribution >= 0.6 is 0 Å². The standard InChI is InChI=1S/C49H29N3/c1-2-13-31-30(12-1)34-19-10-20-38-46(34)39(31)26-43-47(38)36-16-5-8-22-41(36)52(43)44-24-23-29(27-50-44)51-40-21-7-6-17-37(40)48-42(51)25-28-11-9-18-33-32-14-3-4-15-35(32)49(48)45(28)33/h1-26,29H,27H2. The van der Waals surface area contributed by atoms with Gasteiger partial charge in [-0.15, -0.1) is 0 Å². The Hall–Kier alpha value is -6.71. The molecule has 0 spiro atoms. The van der Waals surface area contributed by atoms with Crippen LogP contribution in [-0.2, 0) is 0 Å². The molecular weight excluding hydrogens is 631 g/mol. The summed E-state index contributed by atoms with van der Waals surface area (Å²) in [5, 5.41) is 10.5. The largest absolute Gasteiger partial charge is 0.331 e.